The number of rotatable bonds is 6. The van der Waals surface area contributed by atoms with E-state index in [4.69, 9.17) is 10.8 Å². The molecule has 17 heteroatoms. The lowest BCUT2D eigenvalue weighted by molar-refractivity contribution is -0.388. The highest BCUT2D eigenvalue weighted by atomic mass is 32.2. The molecule has 216 valence electrons. The normalized spacial score (nSPS) is 17.7. The van der Waals surface area contributed by atoms with E-state index in [1.54, 1.807) is 4.90 Å². The van der Waals surface area contributed by atoms with Gasteiger partial charge in [-0.05, 0) is 36.7 Å². The van der Waals surface area contributed by atoms with Crippen LogP contribution in [0.3, 0.4) is 0 Å². The van der Waals surface area contributed by atoms with Crippen molar-refractivity contribution in [3.8, 4) is 0 Å². The summed E-state index contributed by atoms with van der Waals surface area (Å²) in [4.78, 5) is 27.6. The largest absolute Gasteiger partial charge is 0.439 e. The Hall–Kier alpha value is -3.08. The summed E-state index contributed by atoms with van der Waals surface area (Å²) in [5.74, 6) is -0.0903. The minimum atomic E-state index is -4.87. The molecule has 1 aromatic rings. The van der Waals surface area contributed by atoms with Crippen molar-refractivity contribution in [3.05, 3.63) is 33.9 Å². The Labute approximate surface area is 223 Å². The van der Waals surface area contributed by atoms with Crippen LogP contribution < -0.4 is 5.32 Å². The molecule has 0 radical (unpaired) electrons. The number of likely N-dealkylation sites (tertiary alicyclic amines) is 1. The Morgan fingerprint density at radius 2 is 1.64 bits per heavy atom. The number of carbonyl (C=O) groups is 1. The van der Waals surface area contributed by atoms with Crippen molar-refractivity contribution in [2.24, 2.45) is 0 Å². The van der Waals surface area contributed by atoms with Crippen LogP contribution >= 0.6 is 11.8 Å². The maximum absolute atomic E-state index is 13.2. The molecule has 2 saturated heterocycles. The first kappa shape index (κ1) is 30.5. The Morgan fingerprint density at radius 3 is 2.18 bits per heavy atom. The summed E-state index contributed by atoms with van der Waals surface area (Å²) in [7, 11) is 0. The van der Waals surface area contributed by atoms with Gasteiger partial charge in [0.2, 0.25) is 5.91 Å². The first-order chi connectivity index (χ1) is 18.1. The molecule has 1 amide bonds. The van der Waals surface area contributed by atoms with E-state index in [0.29, 0.717) is 58.7 Å². The van der Waals surface area contributed by atoms with Gasteiger partial charge < -0.3 is 15.1 Å². The fraction of sp³-hybridized carbons (Fsp3) is 0.591. The highest BCUT2D eigenvalue weighted by Gasteiger charge is 2.39. The number of nitro groups is 1. The van der Waals surface area contributed by atoms with Crippen LogP contribution in [0.25, 0.3) is 0 Å². The van der Waals surface area contributed by atoms with E-state index in [0.717, 1.165) is 12.1 Å². The summed E-state index contributed by atoms with van der Waals surface area (Å²) in [6, 6.07) is 2.55. The second-order valence-corrected chi connectivity index (χ2v) is 10.1. The summed E-state index contributed by atoms with van der Waals surface area (Å²) in [6.07, 6.45) is -8.48. The van der Waals surface area contributed by atoms with Gasteiger partial charge in [0.25, 0.3) is 5.69 Å². The summed E-state index contributed by atoms with van der Waals surface area (Å²) in [5.41, 5.74) is -2.24. The number of piperidine rings is 1. The topological polar surface area (TPSA) is 130 Å². The molecule has 0 saturated carbocycles. The SMILES string of the molecule is N=C(SC(=N)C(F)(F)F)N1CCN(CCC(=O)N2CCC(Nc3ccc([N+](=O)[O-])c(C(F)(F)F)c3)CC2)CC1. The zero-order valence-corrected chi connectivity index (χ0v) is 21.4. The molecule has 1 aromatic carbocycles. The molecule has 0 atom stereocenters. The van der Waals surface area contributed by atoms with Gasteiger partial charge in [0.15, 0.2) is 10.2 Å². The number of thioether (sulfide) groups is 1. The molecule has 3 rings (SSSR count). The van der Waals surface area contributed by atoms with E-state index in [1.165, 1.54) is 11.0 Å². The van der Waals surface area contributed by atoms with Crippen LogP contribution in [0.4, 0.5) is 37.7 Å². The van der Waals surface area contributed by atoms with E-state index in [-0.39, 0.29) is 41.0 Å². The van der Waals surface area contributed by atoms with Gasteiger partial charge in [0.05, 0.1) is 4.92 Å². The average molecular weight is 584 g/mol. The van der Waals surface area contributed by atoms with Crippen LogP contribution in [-0.2, 0) is 11.0 Å². The lowest BCUT2D eigenvalue weighted by Crippen LogP contribution is -2.49. The van der Waals surface area contributed by atoms with Crippen molar-refractivity contribution in [3.63, 3.8) is 0 Å². The number of halogens is 6. The first-order valence-corrected chi connectivity index (χ1v) is 12.8. The second kappa shape index (κ2) is 12.4. The summed E-state index contributed by atoms with van der Waals surface area (Å²) in [5, 5.41) is 26.8. The van der Waals surface area contributed by atoms with Crippen LogP contribution in [0, 0.1) is 20.9 Å². The van der Waals surface area contributed by atoms with Crippen molar-refractivity contribution in [1.82, 2.24) is 14.7 Å². The Morgan fingerprint density at radius 1 is 1.03 bits per heavy atom. The van der Waals surface area contributed by atoms with Crippen molar-refractivity contribution in [2.75, 3.05) is 51.1 Å². The number of hydrogen-bond donors (Lipinski definition) is 3. The number of amides is 1. The summed E-state index contributed by atoms with van der Waals surface area (Å²) in [6.45, 7) is 2.74. The van der Waals surface area contributed by atoms with Crippen molar-refractivity contribution < 1.29 is 36.1 Å². The summed E-state index contributed by atoms with van der Waals surface area (Å²) < 4.78 is 77.2. The van der Waals surface area contributed by atoms with Gasteiger partial charge in [-0.2, -0.15) is 26.3 Å². The van der Waals surface area contributed by atoms with E-state index in [2.05, 4.69) is 5.32 Å². The highest BCUT2D eigenvalue weighted by molar-refractivity contribution is 8.26. The van der Waals surface area contributed by atoms with Gasteiger partial charge in [-0.1, -0.05) is 0 Å². The molecule has 0 aromatic heterocycles. The van der Waals surface area contributed by atoms with Crippen molar-refractivity contribution in [2.45, 2.75) is 37.7 Å². The molecular weight excluding hydrogens is 556 g/mol. The van der Waals surface area contributed by atoms with Gasteiger partial charge >= 0.3 is 12.4 Å². The van der Waals surface area contributed by atoms with E-state index in [1.807, 2.05) is 4.90 Å². The van der Waals surface area contributed by atoms with Crippen LogP contribution in [0.15, 0.2) is 18.2 Å². The molecule has 2 heterocycles. The fourth-order valence-electron chi connectivity index (χ4n) is 4.33. The molecule has 3 N–H and O–H groups in total. The van der Waals surface area contributed by atoms with Crippen LogP contribution in [0.5, 0.6) is 0 Å². The fourth-order valence-corrected chi connectivity index (χ4v) is 4.95. The number of anilines is 1. The zero-order chi connectivity index (χ0) is 29.0. The van der Waals surface area contributed by atoms with Crippen LogP contribution in [0.1, 0.15) is 24.8 Å². The summed E-state index contributed by atoms with van der Waals surface area (Å²) >= 11 is 0.0614. The average Bonchev–Trinajstić information content (AvgIpc) is 2.86. The standard InChI is InChI=1S/C22H27F6N7O3S/c23-21(24,25)16-13-15(1-2-17(16)35(37)38)31-14-3-7-33(8-4-14)18(36)5-6-32-9-11-34(12-10-32)20(30)39-19(29)22(26,27)28/h1-2,13-14,29-31H,3-12H2. The van der Waals surface area contributed by atoms with E-state index < -0.39 is 33.6 Å². The van der Waals surface area contributed by atoms with E-state index >= 15 is 0 Å². The molecule has 2 aliphatic rings. The molecule has 0 unspecified atom stereocenters. The van der Waals surface area contributed by atoms with Gasteiger partial charge in [-0.15, -0.1) is 0 Å². The molecule has 10 nitrogen and oxygen atoms in total. The molecule has 2 aliphatic heterocycles. The van der Waals surface area contributed by atoms with Crippen molar-refractivity contribution >= 4 is 39.3 Å². The zero-order valence-electron chi connectivity index (χ0n) is 20.6. The molecule has 0 bridgehead atoms. The lowest BCUT2D eigenvalue weighted by Gasteiger charge is -2.36. The van der Waals surface area contributed by atoms with Gasteiger partial charge in [-0.25, -0.2) is 0 Å². The maximum atomic E-state index is 13.2. The third kappa shape index (κ3) is 8.45. The quantitative estimate of drug-likeness (QED) is 0.150. The molecular formula is C22H27F6N7O3S. The maximum Gasteiger partial charge on any atom is 0.439 e. The number of nitro benzene ring substituents is 1. The predicted octanol–water partition coefficient (Wildman–Crippen LogP) is 4.23. The van der Waals surface area contributed by atoms with Gasteiger partial charge in [-0.3, -0.25) is 30.6 Å². The molecule has 0 aliphatic carbocycles. The number of amidine groups is 1. The number of benzene rings is 1. The Kier molecular flexibility index (Phi) is 9.69. The number of carbonyl (C=O) groups excluding carboxylic acids is 1. The Balaban J connectivity index is 1.40. The number of hydrogen-bond acceptors (Lipinski definition) is 8. The van der Waals surface area contributed by atoms with Gasteiger partial charge in [0.1, 0.15) is 5.56 Å². The smallest absolute Gasteiger partial charge is 0.382 e. The second-order valence-electron chi connectivity index (χ2n) is 9.10. The first-order valence-electron chi connectivity index (χ1n) is 11.9. The molecule has 2 fully saturated rings. The Bertz CT molecular complexity index is 1080. The predicted molar refractivity (Wildman–Crippen MR) is 133 cm³/mol. The van der Waals surface area contributed by atoms with Crippen LogP contribution in [-0.4, -0.2) is 93.8 Å². The highest BCUT2D eigenvalue weighted by Crippen LogP contribution is 2.38. The third-order valence-corrected chi connectivity index (χ3v) is 7.36. The minimum absolute atomic E-state index is 0.0614. The number of piperazine rings is 1. The molecule has 0 spiro atoms. The number of alkyl halides is 6. The van der Waals surface area contributed by atoms with Crippen molar-refractivity contribution in [1.29, 1.82) is 10.8 Å². The monoisotopic (exact) mass is 583 g/mol. The number of nitrogens with zero attached hydrogens (tertiary/aromatic N) is 4. The van der Waals surface area contributed by atoms with Gasteiger partial charge in [0, 0.05) is 70.0 Å². The minimum Gasteiger partial charge on any atom is -0.382 e. The van der Waals surface area contributed by atoms with Crippen LogP contribution in [0.2, 0.25) is 0 Å². The third-order valence-electron chi connectivity index (χ3n) is 6.47. The van der Waals surface area contributed by atoms with E-state index in [9.17, 15) is 41.3 Å². The lowest BCUT2D eigenvalue weighted by atomic mass is 10.0. The number of nitrogens with one attached hydrogen (secondary N) is 3. The molecule has 39 heavy (non-hydrogen) atoms.